The number of hydrogen-bond donors (Lipinski definition) is 0. The Morgan fingerprint density at radius 1 is 1.00 bits per heavy atom. The van der Waals surface area contributed by atoms with Crippen molar-refractivity contribution < 1.29 is 8.42 Å². The molecule has 3 heterocycles. The number of hydrogen-bond acceptors (Lipinski definition) is 3. The van der Waals surface area contributed by atoms with Crippen LogP contribution < -0.4 is 0 Å². The summed E-state index contributed by atoms with van der Waals surface area (Å²) in [4.78, 5) is 2.45. The van der Waals surface area contributed by atoms with Crippen LogP contribution in [0, 0.1) is 6.42 Å². The lowest BCUT2D eigenvalue weighted by Crippen LogP contribution is -2.41. The smallest absolute Gasteiger partial charge is 0.215 e. The summed E-state index contributed by atoms with van der Waals surface area (Å²) >= 11 is 0. The maximum absolute atomic E-state index is 12.3. The van der Waals surface area contributed by atoms with Crippen molar-refractivity contribution in [2.24, 2.45) is 0 Å². The van der Waals surface area contributed by atoms with Crippen molar-refractivity contribution >= 4 is 10.0 Å². The topological polar surface area (TPSA) is 40.6 Å². The normalized spacial score (nSPS) is 34.2. The second-order valence-electron chi connectivity index (χ2n) is 5.78. The van der Waals surface area contributed by atoms with Crippen LogP contribution in [0.15, 0.2) is 0 Å². The van der Waals surface area contributed by atoms with Gasteiger partial charge in [0.15, 0.2) is 0 Å². The van der Waals surface area contributed by atoms with E-state index < -0.39 is 10.0 Å². The Labute approximate surface area is 110 Å². The lowest BCUT2D eigenvalue weighted by atomic mass is 10.0. The van der Waals surface area contributed by atoms with Gasteiger partial charge >= 0.3 is 0 Å². The van der Waals surface area contributed by atoms with Crippen molar-refractivity contribution in [1.82, 2.24) is 9.21 Å². The first-order valence-corrected chi connectivity index (χ1v) is 8.83. The van der Waals surface area contributed by atoms with Crippen molar-refractivity contribution in [2.45, 2.75) is 50.6 Å². The van der Waals surface area contributed by atoms with E-state index in [1.54, 1.807) is 4.31 Å². The van der Waals surface area contributed by atoms with Gasteiger partial charge in [0.1, 0.15) is 0 Å². The van der Waals surface area contributed by atoms with Crippen LogP contribution in [0.4, 0.5) is 0 Å². The van der Waals surface area contributed by atoms with Gasteiger partial charge in [-0.05, 0) is 44.9 Å². The van der Waals surface area contributed by atoms with Crippen LogP contribution >= 0.6 is 0 Å². The lowest BCUT2D eigenvalue weighted by Gasteiger charge is -2.28. The molecule has 0 aliphatic carbocycles. The molecule has 1 radical (unpaired) electrons. The number of sulfonamides is 1. The molecule has 0 aromatic rings. The fraction of sp³-hybridized carbons (Fsp3) is 0.923. The zero-order valence-electron chi connectivity index (χ0n) is 10.9. The molecular formula is C13H23N2O2S. The van der Waals surface area contributed by atoms with Gasteiger partial charge in [0.05, 0.1) is 5.75 Å². The Bertz CT molecular complexity index is 370. The molecule has 3 fully saturated rings. The van der Waals surface area contributed by atoms with Gasteiger partial charge in [0.25, 0.3) is 0 Å². The summed E-state index contributed by atoms with van der Waals surface area (Å²) in [5, 5.41) is 0. The van der Waals surface area contributed by atoms with E-state index in [0.717, 1.165) is 19.4 Å². The number of piperidine rings is 1. The zero-order valence-corrected chi connectivity index (χ0v) is 11.7. The molecule has 18 heavy (non-hydrogen) atoms. The van der Waals surface area contributed by atoms with Gasteiger partial charge < -0.3 is 0 Å². The average molecular weight is 271 g/mol. The fourth-order valence-corrected chi connectivity index (χ4v) is 5.21. The number of nitrogens with zero attached hydrogens (tertiary/aromatic N) is 2. The molecular weight excluding hydrogens is 248 g/mol. The van der Waals surface area contributed by atoms with Crippen LogP contribution in [0.25, 0.3) is 0 Å². The molecule has 0 amide bonds. The van der Waals surface area contributed by atoms with E-state index in [4.69, 9.17) is 0 Å². The molecule has 0 saturated carbocycles. The molecule has 0 aromatic carbocycles. The highest BCUT2D eigenvalue weighted by atomic mass is 32.2. The SMILES string of the molecule is O=S(=O)(CCN1C2CCC1CC2)N1CC[CH]CC1. The van der Waals surface area contributed by atoms with E-state index >= 15 is 0 Å². The van der Waals surface area contributed by atoms with Gasteiger partial charge in [-0.1, -0.05) is 0 Å². The first kappa shape index (κ1) is 12.9. The molecule has 3 rings (SSSR count). The molecule has 0 unspecified atom stereocenters. The highest BCUT2D eigenvalue weighted by Gasteiger charge is 2.39. The van der Waals surface area contributed by atoms with Gasteiger partial charge in [0.2, 0.25) is 10.0 Å². The second kappa shape index (κ2) is 5.10. The fourth-order valence-electron chi connectivity index (χ4n) is 3.74. The van der Waals surface area contributed by atoms with E-state index in [9.17, 15) is 8.42 Å². The minimum Gasteiger partial charge on any atom is -0.296 e. The minimum atomic E-state index is -3.02. The summed E-state index contributed by atoms with van der Waals surface area (Å²) in [5.74, 6) is 0.319. The van der Waals surface area contributed by atoms with Gasteiger partial charge in [-0.15, -0.1) is 0 Å². The van der Waals surface area contributed by atoms with E-state index in [2.05, 4.69) is 11.3 Å². The molecule has 5 heteroatoms. The first-order valence-electron chi connectivity index (χ1n) is 7.22. The maximum Gasteiger partial charge on any atom is 0.215 e. The average Bonchev–Trinajstić information content (AvgIpc) is 2.97. The third-order valence-corrected chi connectivity index (χ3v) is 6.62. The van der Waals surface area contributed by atoms with Crippen LogP contribution in [-0.4, -0.2) is 55.1 Å². The third-order valence-electron chi connectivity index (χ3n) is 4.77. The Morgan fingerprint density at radius 2 is 1.56 bits per heavy atom. The summed E-state index contributed by atoms with van der Waals surface area (Å²) < 4.78 is 26.2. The maximum atomic E-state index is 12.3. The quantitative estimate of drug-likeness (QED) is 0.772. The predicted octanol–water partition coefficient (Wildman–Crippen LogP) is 1.24. The van der Waals surface area contributed by atoms with Crippen molar-refractivity contribution in [1.29, 1.82) is 0 Å². The van der Waals surface area contributed by atoms with Crippen molar-refractivity contribution in [2.75, 3.05) is 25.4 Å². The molecule has 103 valence electrons. The van der Waals surface area contributed by atoms with Crippen LogP contribution in [0.5, 0.6) is 0 Å². The molecule has 0 aromatic heterocycles. The Morgan fingerprint density at radius 3 is 2.11 bits per heavy atom. The second-order valence-corrected chi connectivity index (χ2v) is 7.87. The van der Waals surface area contributed by atoms with Crippen LogP contribution in [0.1, 0.15) is 38.5 Å². The highest BCUT2D eigenvalue weighted by Crippen LogP contribution is 2.37. The van der Waals surface area contributed by atoms with Crippen molar-refractivity contribution in [3.8, 4) is 0 Å². The molecule has 3 aliphatic rings. The molecule has 4 nitrogen and oxygen atoms in total. The van der Waals surface area contributed by atoms with Gasteiger partial charge in [-0.25, -0.2) is 12.7 Å². The first-order chi connectivity index (χ1) is 8.67. The van der Waals surface area contributed by atoms with Crippen molar-refractivity contribution in [3.05, 3.63) is 6.42 Å². The monoisotopic (exact) mass is 271 g/mol. The highest BCUT2D eigenvalue weighted by molar-refractivity contribution is 7.89. The van der Waals surface area contributed by atoms with Crippen LogP contribution in [0.2, 0.25) is 0 Å². The molecule has 3 saturated heterocycles. The van der Waals surface area contributed by atoms with Gasteiger partial charge in [-0.2, -0.15) is 0 Å². The van der Waals surface area contributed by atoms with Crippen molar-refractivity contribution in [3.63, 3.8) is 0 Å². The Hall–Kier alpha value is -0.130. The third kappa shape index (κ3) is 2.45. The van der Waals surface area contributed by atoms with Gasteiger partial charge in [0, 0.05) is 31.7 Å². The van der Waals surface area contributed by atoms with E-state index in [1.807, 2.05) is 0 Å². The molecule has 2 bridgehead atoms. The number of fused-ring (bicyclic) bond motifs is 2. The molecule has 0 N–H and O–H groups in total. The van der Waals surface area contributed by atoms with E-state index in [1.165, 1.54) is 25.7 Å². The predicted molar refractivity (Wildman–Crippen MR) is 71.6 cm³/mol. The summed E-state index contributed by atoms with van der Waals surface area (Å²) in [5.41, 5.74) is 0. The Balaban J connectivity index is 1.55. The largest absolute Gasteiger partial charge is 0.296 e. The lowest BCUT2D eigenvalue weighted by molar-refractivity contribution is 0.265. The van der Waals surface area contributed by atoms with E-state index in [0.29, 0.717) is 30.9 Å². The number of rotatable bonds is 4. The zero-order chi connectivity index (χ0) is 12.6. The molecule has 0 spiro atoms. The molecule has 3 aliphatic heterocycles. The standard InChI is InChI=1S/C13H23N2O2S/c16-18(17,14-8-2-1-3-9-14)11-10-15-12-4-5-13(15)7-6-12/h1,12-13H,2-11H2. The van der Waals surface area contributed by atoms with Crippen LogP contribution in [-0.2, 0) is 10.0 Å². The van der Waals surface area contributed by atoms with Crippen LogP contribution in [0.3, 0.4) is 0 Å². The van der Waals surface area contributed by atoms with Gasteiger partial charge in [-0.3, -0.25) is 4.90 Å². The summed E-state index contributed by atoms with van der Waals surface area (Å²) in [6.45, 7) is 2.13. The summed E-state index contributed by atoms with van der Waals surface area (Å²) in [7, 11) is -3.02. The van der Waals surface area contributed by atoms with E-state index in [-0.39, 0.29) is 0 Å². The molecule has 0 atom stereocenters. The Kier molecular flexibility index (Phi) is 3.65. The summed E-state index contributed by atoms with van der Waals surface area (Å²) in [6.07, 6.45) is 9.13. The summed E-state index contributed by atoms with van der Waals surface area (Å²) in [6, 6.07) is 1.36. The minimum absolute atomic E-state index is 0.319.